The molecule has 4 aromatic rings. The maximum absolute atomic E-state index is 13.2. The summed E-state index contributed by atoms with van der Waals surface area (Å²) in [6.07, 6.45) is 1.59. The number of hydrogen-bond acceptors (Lipinski definition) is 6. The molecule has 0 bridgehead atoms. The number of benzene rings is 4. The maximum Gasteiger partial charge on any atom is 0.272 e. The van der Waals surface area contributed by atoms with Crippen molar-refractivity contribution in [3.05, 3.63) is 135 Å². The topological polar surface area (TPSA) is 130 Å². The standard InChI is InChI=1S/C30H23BrN4O5S/c31-22-8-6-20(7-9-22)18-27(34-29(37)21-4-2-1-3-5-21)30(38)33-24-12-16-26(17-13-24)41-19-28(36)32-23-10-14-25(15-11-23)35(39)40/h1-18H,19H2,(H,32,36)(H,33,38)(H,34,37)/b27-18-. The second-order valence-electron chi connectivity index (χ2n) is 8.55. The largest absolute Gasteiger partial charge is 0.325 e. The van der Waals surface area contributed by atoms with Crippen LogP contribution in [0.5, 0.6) is 0 Å². The Morgan fingerprint density at radius 2 is 1.41 bits per heavy atom. The van der Waals surface area contributed by atoms with Gasteiger partial charge in [-0.05, 0) is 72.3 Å². The number of halogens is 1. The number of nitrogens with zero attached hydrogens (tertiary/aromatic N) is 1. The van der Waals surface area contributed by atoms with E-state index in [0.717, 1.165) is 14.9 Å². The van der Waals surface area contributed by atoms with Gasteiger partial charge in [-0.15, -0.1) is 11.8 Å². The van der Waals surface area contributed by atoms with Crippen molar-refractivity contribution in [3.63, 3.8) is 0 Å². The van der Waals surface area contributed by atoms with Crippen molar-refractivity contribution in [2.75, 3.05) is 16.4 Å². The summed E-state index contributed by atoms with van der Waals surface area (Å²) in [5.74, 6) is -1.06. The Morgan fingerprint density at radius 3 is 2.05 bits per heavy atom. The number of nitro benzene ring substituents is 1. The monoisotopic (exact) mass is 630 g/mol. The summed E-state index contributed by atoms with van der Waals surface area (Å²) in [4.78, 5) is 49.3. The zero-order valence-electron chi connectivity index (χ0n) is 21.4. The highest BCUT2D eigenvalue weighted by molar-refractivity contribution is 9.10. The number of anilines is 2. The van der Waals surface area contributed by atoms with Gasteiger partial charge >= 0.3 is 0 Å². The molecular formula is C30H23BrN4O5S. The van der Waals surface area contributed by atoms with Crippen molar-refractivity contribution < 1.29 is 19.3 Å². The number of nitrogens with one attached hydrogen (secondary N) is 3. The van der Waals surface area contributed by atoms with Crippen LogP contribution >= 0.6 is 27.7 Å². The van der Waals surface area contributed by atoms with Gasteiger partial charge in [0.1, 0.15) is 5.70 Å². The molecule has 0 spiro atoms. The third-order valence-corrected chi connectivity index (χ3v) is 7.09. The van der Waals surface area contributed by atoms with E-state index in [1.54, 1.807) is 60.7 Å². The van der Waals surface area contributed by atoms with Crippen molar-refractivity contribution in [2.45, 2.75) is 4.90 Å². The lowest BCUT2D eigenvalue weighted by atomic mass is 10.1. The van der Waals surface area contributed by atoms with Gasteiger partial charge in [-0.3, -0.25) is 24.5 Å². The van der Waals surface area contributed by atoms with Crippen molar-refractivity contribution in [1.82, 2.24) is 5.32 Å². The number of carbonyl (C=O) groups is 3. The van der Waals surface area contributed by atoms with Gasteiger partial charge in [0.2, 0.25) is 5.91 Å². The number of rotatable bonds is 10. The molecule has 0 unspecified atom stereocenters. The highest BCUT2D eigenvalue weighted by Gasteiger charge is 2.15. The normalized spacial score (nSPS) is 10.9. The molecule has 0 aliphatic heterocycles. The Labute approximate surface area is 248 Å². The van der Waals surface area contributed by atoms with Crippen LogP contribution in [0.2, 0.25) is 0 Å². The van der Waals surface area contributed by atoms with Gasteiger partial charge < -0.3 is 16.0 Å². The molecule has 3 amide bonds. The van der Waals surface area contributed by atoms with E-state index < -0.39 is 16.7 Å². The molecule has 41 heavy (non-hydrogen) atoms. The molecular weight excluding hydrogens is 608 g/mol. The number of carbonyl (C=O) groups excluding carboxylic acids is 3. The minimum atomic E-state index is -0.506. The third kappa shape index (κ3) is 8.88. The predicted molar refractivity (Wildman–Crippen MR) is 164 cm³/mol. The molecule has 3 N–H and O–H groups in total. The summed E-state index contributed by atoms with van der Waals surface area (Å²) < 4.78 is 0.885. The van der Waals surface area contributed by atoms with Crippen LogP contribution in [-0.4, -0.2) is 28.4 Å². The molecule has 0 aliphatic rings. The summed E-state index contributed by atoms with van der Waals surface area (Å²) in [6, 6.07) is 28.4. The molecule has 4 aromatic carbocycles. The highest BCUT2D eigenvalue weighted by Crippen LogP contribution is 2.22. The molecule has 4 rings (SSSR count). The SMILES string of the molecule is O=C(CSc1ccc(NC(=O)/C(=C/c2ccc(Br)cc2)NC(=O)c2ccccc2)cc1)Nc1ccc([N+](=O)[O-])cc1. The molecule has 0 heterocycles. The van der Waals surface area contributed by atoms with Crippen molar-refractivity contribution in [1.29, 1.82) is 0 Å². The lowest BCUT2D eigenvalue weighted by molar-refractivity contribution is -0.384. The quantitative estimate of drug-likeness (QED) is 0.0793. The Balaban J connectivity index is 1.37. The minimum absolute atomic E-state index is 0.0564. The van der Waals surface area contributed by atoms with Crippen molar-refractivity contribution in [3.8, 4) is 0 Å². The van der Waals surface area contributed by atoms with Crippen LogP contribution in [0.15, 0.2) is 118 Å². The fraction of sp³-hybridized carbons (Fsp3) is 0.0333. The van der Waals surface area contributed by atoms with E-state index in [4.69, 9.17) is 0 Å². The fourth-order valence-electron chi connectivity index (χ4n) is 3.51. The van der Waals surface area contributed by atoms with Crippen LogP contribution in [0.25, 0.3) is 6.08 Å². The first-order valence-corrected chi connectivity index (χ1v) is 14.0. The van der Waals surface area contributed by atoms with Gasteiger partial charge in [0.05, 0.1) is 10.7 Å². The van der Waals surface area contributed by atoms with E-state index in [-0.39, 0.29) is 23.0 Å². The first-order valence-electron chi connectivity index (χ1n) is 12.2. The van der Waals surface area contributed by atoms with E-state index in [2.05, 4.69) is 31.9 Å². The molecule has 0 aromatic heterocycles. The smallest absolute Gasteiger partial charge is 0.272 e. The van der Waals surface area contributed by atoms with Crippen LogP contribution in [0, 0.1) is 10.1 Å². The first-order chi connectivity index (χ1) is 19.8. The lowest BCUT2D eigenvalue weighted by Gasteiger charge is -2.12. The summed E-state index contributed by atoms with van der Waals surface area (Å²) in [5.41, 5.74) is 2.13. The zero-order valence-corrected chi connectivity index (χ0v) is 23.8. The molecule has 0 radical (unpaired) electrons. The molecule has 0 saturated heterocycles. The molecule has 206 valence electrons. The number of amides is 3. The molecule has 0 saturated carbocycles. The van der Waals surface area contributed by atoms with E-state index in [0.29, 0.717) is 16.9 Å². The zero-order chi connectivity index (χ0) is 29.2. The van der Waals surface area contributed by atoms with Gasteiger partial charge in [0, 0.05) is 38.4 Å². The summed E-state index contributed by atoms with van der Waals surface area (Å²) >= 11 is 4.68. The summed E-state index contributed by atoms with van der Waals surface area (Å²) in [5, 5.41) is 19.0. The van der Waals surface area contributed by atoms with Crippen LogP contribution in [0.1, 0.15) is 15.9 Å². The number of thioether (sulfide) groups is 1. The van der Waals surface area contributed by atoms with Gasteiger partial charge in [-0.1, -0.05) is 46.3 Å². The average Bonchev–Trinajstić information content (AvgIpc) is 2.98. The molecule has 11 heteroatoms. The second-order valence-corrected chi connectivity index (χ2v) is 10.5. The second kappa shape index (κ2) is 14.1. The molecule has 0 atom stereocenters. The number of non-ortho nitro benzene ring substituents is 1. The summed E-state index contributed by atoms with van der Waals surface area (Å²) in [7, 11) is 0. The fourth-order valence-corrected chi connectivity index (χ4v) is 4.48. The first kappa shape index (κ1) is 29.2. The lowest BCUT2D eigenvalue weighted by Crippen LogP contribution is -2.30. The molecule has 9 nitrogen and oxygen atoms in total. The maximum atomic E-state index is 13.2. The predicted octanol–water partition coefficient (Wildman–Crippen LogP) is 6.50. The molecule has 0 aliphatic carbocycles. The van der Waals surface area contributed by atoms with Gasteiger partial charge in [-0.25, -0.2) is 0 Å². The minimum Gasteiger partial charge on any atom is -0.325 e. The van der Waals surface area contributed by atoms with E-state index in [9.17, 15) is 24.5 Å². The average molecular weight is 632 g/mol. The number of nitro groups is 1. The summed E-state index contributed by atoms with van der Waals surface area (Å²) in [6.45, 7) is 0. The van der Waals surface area contributed by atoms with Crippen LogP contribution in [0.3, 0.4) is 0 Å². The Kier molecular flexibility index (Phi) is 10.0. The van der Waals surface area contributed by atoms with Crippen molar-refractivity contribution >= 4 is 68.6 Å². The van der Waals surface area contributed by atoms with Crippen LogP contribution < -0.4 is 16.0 Å². The van der Waals surface area contributed by atoms with Gasteiger partial charge in [0.15, 0.2) is 0 Å². The van der Waals surface area contributed by atoms with E-state index >= 15 is 0 Å². The Morgan fingerprint density at radius 1 is 0.805 bits per heavy atom. The third-order valence-electron chi connectivity index (χ3n) is 5.55. The van der Waals surface area contributed by atoms with Crippen LogP contribution in [-0.2, 0) is 9.59 Å². The Hall–Kier alpha value is -4.74. The van der Waals surface area contributed by atoms with Gasteiger partial charge in [0.25, 0.3) is 17.5 Å². The Bertz CT molecular complexity index is 1580. The number of hydrogen-bond donors (Lipinski definition) is 3. The van der Waals surface area contributed by atoms with Crippen LogP contribution in [0.4, 0.5) is 17.1 Å². The van der Waals surface area contributed by atoms with E-state index in [1.807, 2.05) is 24.3 Å². The van der Waals surface area contributed by atoms with Gasteiger partial charge in [-0.2, -0.15) is 0 Å². The van der Waals surface area contributed by atoms with E-state index in [1.165, 1.54) is 36.0 Å². The highest BCUT2D eigenvalue weighted by atomic mass is 79.9. The molecule has 0 fully saturated rings. The van der Waals surface area contributed by atoms with Crippen molar-refractivity contribution in [2.24, 2.45) is 0 Å².